The molecule has 2 aliphatic heterocycles. The molecule has 2 amide bonds. The van der Waals surface area contributed by atoms with E-state index in [0.717, 1.165) is 23.2 Å². The Hall–Kier alpha value is -2.93. The molecule has 4 rings (SSSR count). The number of amidine groups is 2. The van der Waals surface area contributed by atoms with Crippen LogP contribution in [0.5, 0.6) is 0 Å². The van der Waals surface area contributed by atoms with E-state index in [2.05, 4.69) is 10.3 Å². The number of hydrogen-bond acceptors (Lipinski definition) is 5. The van der Waals surface area contributed by atoms with Crippen molar-refractivity contribution < 1.29 is 9.59 Å². The van der Waals surface area contributed by atoms with Gasteiger partial charge in [0.15, 0.2) is 5.17 Å². The van der Waals surface area contributed by atoms with Gasteiger partial charge in [-0.15, -0.1) is 0 Å². The van der Waals surface area contributed by atoms with E-state index in [1.807, 2.05) is 74.2 Å². The van der Waals surface area contributed by atoms with Crippen LogP contribution in [0, 0.1) is 6.92 Å². The number of nitrogens with zero attached hydrogens (tertiary/aromatic N) is 3. The van der Waals surface area contributed by atoms with Crippen LogP contribution in [0.3, 0.4) is 0 Å². The zero-order valence-corrected chi connectivity index (χ0v) is 18.8. The second-order valence-electron chi connectivity index (χ2n) is 7.82. The molecule has 0 radical (unpaired) electrons. The molecule has 0 aliphatic carbocycles. The maximum atomic E-state index is 12.8. The minimum atomic E-state index is -0.367. The molecule has 0 aromatic heterocycles. The summed E-state index contributed by atoms with van der Waals surface area (Å²) >= 11 is 1.37. The lowest BCUT2D eigenvalue weighted by atomic mass is 10.1. The van der Waals surface area contributed by atoms with Crippen LogP contribution in [0.25, 0.3) is 0 Å². The molecule has 0 saturated carbocycles. The highest BCUT2D eigenvalue weighted by atomic mass is 32.2. The molecular formula is C24H26N4O2S. The number of aryl methyl sites for hydroxylation is 1. The van der Waals surface area contributed by atoms with E-state index in [0.29, 0.717) is 24.0 Å². The van der Waals surface area contributed by atoms with Gasteiger partial charge in [0.05, 0.1) is 10.9 Å². The molecule has 2 aromatic carbocycles. The van der Waals surface area contributed by atoms with Crippen LogP contribution in [0.15, 0.2) is 58.5 Å². The molecule has 2 atom stereocenters. The first-order valence-corrected chi connectivity index (χ1v) is 11.5. The van der Waals surface area contributed by atoms with Gasteiger partial charge in [-0.3, -0.25) is 14.5 Å². The number of benzene rings is 2. The summed E-state index contributed by atoms with van der Waals surface area (Å²) in [4.78, 5) is 36.4. The molecule has 0 bridgehead atoms. The lowest BCUT2D eigenvalue weighted by Gasteiger charge is -2.31. The first-order valence-electron chi connectivity index (χ1n) is 10.6. The molecule has 1 N–H and O–H groups in total. The summed E-state index contributed by atoms with van der Waals surface area (Å²) < 4.78 is 0. The molecule has 2 heterocycles. The number of amides is 2. The Bertz CT molecular complexity index is 1060. The van der Waals surface area contributed by atoms with Crippen molar-refractivity contribution in [3.63, 3.8) is 0 Å². The quantitative estimate of drug-likeness (QED) is 0.740. The normalized spacial score (nSPS) is 18.1. The van der Waals surface area contributed by atoms with E-state index >= 15 is 0 Å². The predicted molar refractivity (Wildman–Crippen MR) is 126 cm³/mol. The second kappa shape index (κ2) is 9.06. The summed E-state index contributed by atoms with van der Waals surface area (Å²) in [6, 6.07) is 15.4. The van der Waals surface area contributed by atoms with Crippen molar-refractivity contribution in [1.29, 1.82) is 0 Å². The van der Waals surface area contributed by atoms with Crippen molar-refractivity contribution >= 4 is 40.3 Å². The Morgan fingerprint density at radius 3 is 2.65 bits per heavy atom. The molecular weight excluding hydrogens is 408 g/mol. The van der Waals surface area contributed by atoms with E-state index in [4.69, 9.17) is 4.99 Å². The zero-order chi connectivity index (χ0) is 22.0. The van der Waals surface area contributed by atoms with Crippen LogP contribution in [-0.4, -0.2) is 39.0 Å². The van der Waals surface area contributed by atoms with Gasteiger partial charge < -0.3 is 5.32 Å². The molecule has 2 unspecified atom stereocenters. The number of rotatable bonds is 6. The number of para-hydroxylation sites is 1. The third kappa shape index (κ3) is 4.42. The highest BCUT2D eigenvalue weighted by Gasteiger charge is 2.41. The van der Waals surface area contributed by atoms with Gasteiger partial charge in [0.25, 0.3) is 5.91 Å². The third-order valence-electron chi connectivity index (χ3n) is 5.41. The average molecular weight is 435 g/mol. The Balaban J connectivity index is 1.52. The van der Waals surface area contributed by atoms with Crippen LogP contribution in [0.1, 0.15) is 43.4 Å². The van der Waals surface area contributed by atoms with E-state index in [-0.39, 0.29) is 23.1 Å². The Kier molecular flexibility index (Phi) is 6.23. The van der Waals surface area contributed by atoms with Crippen molar-refractivity contribution in [2.24, 2.45) is 9.98 Å². The molecule has 2 aliphatic rings. The van der Waals surface area contributed by atoms with Gasteiger partial charge in [0.1, 0.15) is 11.9 Å². The lowest BCUT2D eigenvalue weighted by Crippen LogP contribution is -2.44. The van der Waals surface area contributed by atoms with Crippen molar-refractivity contribution in [1.82, 2.24) is 10.2 Å². The number of nitrogens with one attached hydrogen (secondary N) is 1. The van der Waals surface area contributed by atoms with Crippen molar-refractivity contribution in [3.8, 4) is 0 Å². The lowest BCUT2D eigenvalue weighted by molar-refractivity contribution is -0.120. The van der Waals surface area contributed by atoms with Gasteiger partial charge in [0.2, 0.25) is 5.91 Å². The summed E-state index contributed by atoms with van der Waals surface area (Å²) in [6.45, 7) is 6.43. The third-order valence-corrected chi connectivity index (χ3v) is 6.48. The summed E-state index contributed by atoms with van der Waals surface area (Å²) in [5, 5.41) is 3.29. The first kappa shape index (κ1) is 21.3. The standard InChI is InChI=1S/C24H26N4O2S/c1-4-7-20-23(30)27-21-18-8-5-6-9-19(18)26-24(28(20)21)31-16(3)22(29)25-14-17-12-10-15(2)11-13-17/h5-6,8-13,16,20H,4,7,14H2,1-3H3,(H,25,29). The highest BCUT2D eigenvalue weighted by Crippen LogP contribution is 2.36. The van der Waals surface area contributed by atoms with Crippen LogP contribution in [0.4, 0.5) is 5.69 Å². The number of carbonyl (C=O) groups excluding carboxylic acids is 2. The van der Waals surface area contributed by atoms with Crippen LogP contribution in [0.2, 0.25) is 0 Å². The fourth-order valence-corrected chi connectivity index (χ4v) is 4.67. The molecule has 0 spiro atoms. The van der Waals surface area contributed by atoms with Gasteiger partial charge in [-0.2, -0.15) is 4.99 Å². The Morgan fingerprint density at radius 1 is 1.16 bits per heavy atom. The van der Waals surface area contributed by atoms with Gasteiger partial charge >= 0.3 is 0 Å². The second-order valence-corrected chi connectivity index (χ2v) is 9.13. The summed E-state index contributed by atoms with van der Waals surface area (Å²) in [7, 11) is 0. The van der Waals surface area contributed by atoms with Crippen LogP contribution >= 0.6 is 11.8 Å². The molecule has 6 nitrogen and oxygen atoms in total. The minimum Gasteiger partial charge on any atom is -0.351 e. The minimum absolute atomic E-state index is 0.0665. The first-order chi connectivity index (χ1) is 15.0. The molecule has 7 heteroatoms. The number of hydrogen-bond donors (Lipinski definition) is 1. The molecule has 0 saturated heterocycles. The van der Waals surface area contributed by atoms with Gasteiger partial charge in [-0.1, -0.05) is 67.1 Å². The molecule has 31 heavy (non-hydrogen) atoms. The van der Waals surface area contributed by atoms with E-state index in [1.165, 1.54) is 17.3 Å². The SMILES string of the molecule is CCCC1C(=O)N=C2c3ccccc3N=C(SC(C)C(=O)NCc3ccc(C)cc3)N21. The number of thioether (sulfide) groups is 1. The molecule has 0 fully saturated rings. The van der Waals surface area contributed by atoms with Crippen molar-refractivity contribution in [3.05, 3.63) is 65.2 Å². The number of aliphatic imine (C=N–C) groups is 2. The largest absolute Gasteiger partial charge is 0.351 e. The van der Waals surface area contributed by atoms with Gasteiger partial charge in [-0.25, -0.2) is 4.99 Å². The van der Waals surface area contributed by atoms with Crippen LogP contribution in [-0.2, 0) is 16.1 Å². The van der Waals surface area contributed by atoms with Gasteiger partial charge in [-0.05, 0) is 38.0 Å². The van der Waals surface area contributed by atoms with E-state index in [1.54, 1.807) is 0 Å². The fourth-order valence-electron chi connectivity index (χ4n) is 3.68. The smallest absolute Gasteiger partial charge is 0.270 e. The topological polar surface area (TPSA) is 74.1 Å². The highest BCUT2D eigenvalue weighted by molar-refractivity contribution is 8.14. The molecule has 160 valence electrons. The maximum absolute atomic E-state index is 12.8. The maximum Gasteiger partial charge on any atom is 0.270 e. The van der Waals surface area contributed by atoms with E-state index in [9.17, 15) is 9.59 Å². The monoisotopic (exact) mass is 434 g/mol. The Labute approximate surface area is 186 Å². The van der Waals surface area contributed by atoms with Crippen molar-refractivity contribution in [2.75, 3.05) is 0 Å². The zero-order valence-electron chi connectivity index (χ0n) is 18.0. The molecule has 2 aromatic rings. The summed E-state index contributed by atoms with van der Waals surface area (Å²) in [6.07, 6.45) is 1.56. The number of carbonyl (C=O) groups is 2. The fraction of sp³-hybridized carbons (Fsp3) is 0.333. The van der Waals surface area contributed by atoms with Crippen LogP contribution < -0.4 is 5.32 Å². The van der Waals surface area contributed by atoms with Gasteiger partial charge in [0, 0.05) is 12.1 Å². The predicted octanol–water partition coefficient (Wildman–Crippen LogP) is 4.19. The Morgan fingerprint density at radius 2 is 1.90 bits per heavy atom. The summed E-state index contributed by atoms with van der Waals surface area (Å²) in [5.74, 6) is 0.435. The number of fused-ring (bicyclic) bond motifs is 3. The van der Waals surface area contributed by atoms with Crippen molar-refractivity contribution in [2.45, 2.75) is 51.4 Å². The summed E-state index contributed by atoms with van der Waals surface area (Å²) in [5.41, 5.74) is 3.88. The van der Waals surface area contributed by atoms with E-state index < -0.39 is 0 Å². The average Bonchev–Trinajstić information content (AvgIpc) is 3.10.